The van der Waals surface area contributed by atoms with Gasteiger partial charge >= 0.3 is 0 Å². The van der Waals surface area contributed by atoms with Crippen LogP contribution in [0.15, 0.2) is 59.5 Å². The quantitative estimate of drug-likeness (QED) is 0.369. The molecule has 2 aromatic carbocycles. The van der Waals surface area contributed by atoms with Crippen LogP contribution in [0.1, 0.15) is 26.3 Å². The third kappa shape index (κ3) is 3.76. The average Bonchev–Trinajstić information content (AvgIpc) is 2.54. The van der Waals surface area contributed by atoms with Crippen molar-refractivity contribution in [2.24, 2.45) is 0 Å². The van der Waals surface area contributed by atoms with E-state index in [0.717, 1.165) is 4.74 Å². The molecule has 0 amide bonds. The molecule has 0 fully saturated rings. The first-order valence-electron chi connectivity index (χ1n) is 7.58. The first-order chi connectivity index (χ1) is 11.1. The average molecular weight is 346 g/mol. The minimum atomic E-state index is -3.78. The Morgan fingerprint density at radius 2 is 1.54 bits per heavy atom. The number of para-hydroxylation sites is 1. The van der Waals surface area contributed by atoms with E-state index in [1.54, 1.807) is 63.2 Å². The van der Waals surface area contributed by atoms with Crippen LogP contribution in [0.4, 0.5) is 5.69 Å². The molecule has 128 valence electrons. The molecule has 0 bridgehead atoms. The number of hydroxylamine groups is 1. The van der Waals surface area contributed by atoms with Crippen LogP contribution in [-0.2, 0) is 10.0 Å². The maximum Gasteiger partial charge on any atom is 0.264 e. The van der Waals surface area contributed by atoms with E-state index in [1.807, 2.05) is 6.07 Å². The second kappa shape index (κ2) is 6.65. The summed E-state index contributed by atoms with van der Waals surface area (Å²) in [4.78, 5) is 0.0986. The molecule has 0 spiro atoms. The summed E-state index contributed by atoms with van der Waals surface area (Å²) in [5.41, 5.74) is 0.273. The molecule has 2 rings (SSSR count). The van der Waals surface area contributed by atoms with E-state index in [2.05, 4.69) is 0 Å². The van der Waals surface area contributed by atoms with Gasteiger partial charge in [-0.05, 0) is 24.3 Å². The molecule has 0 unspecified atom stereocenters. The van der Waals surface area contributed by atoms with Gasteiger partial charge in [0.1, 0.15) is 4.90 Å². The van der Waals surface area contributed by atoms with Crippen LogP contribution in [-0.4, -0.2) is 32.0 Å². The predicted molar refractivity (Wildman–Crippen MR) is 97.0 cm³/mol. The normalized spacial score (nSPS) is 12.9. The lowest BCUT2D eigenvalue weighted by Gasteiger charge is -2.21. The summed E-state index contributed by atoms with van der Waals surface area (Å²) >= 11 is 0. The number of sulfonamides is 1. The second-order valence-corrected chi connectivity index (χ2v) is 8.41. The van der Waals surface area contributed by atoms with Crippen molar-refractivity contribution in [3.05, 3.63) is 65.4 Å². The lowest BCUT2D eigenvalue weighted by atomic mass is 10.1. The first kappa shape index (κ1) is 18.0. The highest BCUT2D eigenvalue weighted by Gasteiger charge is 2.26. The number of hydrogen-bond acceptors (Lipinski definition) is 3. The van der Waals surface area contributed by atoms with E-state index in [0.29, 0.717) is 11.3 Å². The summed E-state index contributed by atoms with van der Waals surface area (Å²) in [5, 5.41) is 12.2. The standard InChI is InChI=1S/C18H22N2O3S/c1-18(2,3)20(21)14-15-10-8-9-13-17(15)24(22,23)19(4)16-11-6-5-7-12-16/h5-14H,1-4H3/b20-14-. The van der Waals surface area contributed by atoms with Gasteiger partial charge in [-0.2, -0.15) is 0 Å². The molecule has 0 aliphatic carbocycles. The van der Waals surface area contributed by atoms with Gasteiger partial charge in [0, 0.05) is 27.8 Å². The third-order valence-corrected chi connectivity index (χ3v) is 5.45. The maximum absolute atomic E-state index is 13.0. The summed E-state index contributed by atoms with van der Waals surface area (Å²) in [6, 6.07) is 15.3. The van der Waals surface area contributed by atoms with Crippen LogP contribution in [0.3, 0.4) is 0 Å². The van der Waals surface area contributed by atoms with E-state index >= 15 is 0 Å². The van der Waals surface area contributed by atoms with Crippen LogP contribution in [0.25, 0.3) is 0 Å². The number of anilines is 1. The molecule has 24 heavy (non-hydrogen) atoms. The van der Waals surface area contributed by atoms with E-state index in [4.69, 9.17) is 0 Å². The Morgan fingerprint density at radius 3 is 2.12 bits per heavy atom. The van der Waals surface area contributed by atoms with Gasteiger partial charge in [0.05, 0.1) is 11.3 Å². The van der Waals surface area contributed by atoms with Gasteiger partial charge in [0.2, 0.25) is 0 Å². The largest absolute Gasteiger partial charge is 0.623 e. The van der Waals surface area contributed by atoms with Crippen molar-refractivity contribution in [3.8, 4) is 0 Å². The van der Waals surface area contributed by atoms with E-state index < -0.39 is 15.6 Å². The fourth-order valence-electron chi connectivity index (χ4n) is 2.07. The molecule has 2 aromatic rings. The van der Waals surface area contributed by atoms with Crippen molar-refractivity contribution in [3.63, 3.8) is 0 Å². The van der Waals surface area contributed by atoms with Crippen LogP contribution >= 0.6 is 0 Å². The summed E-state index contributed by atoms with van der Waals surface area (Å²) < 4.78 is 27.9. The van der Waals surface area contributed by atoms with E-state index in [-0.39, 0.29) is 4.90 Å². The highest BCUT2D eigenvalue weighted by atomic mass is 32.2. The molecule has 6 heteroatoms. The number of benzene rings is 2. The predicted octanol–water partition coefficient (Wildman–Crippen LogP) is 3.24. The Balaban J connectivity index is 2.53. The molecule has 0 aliphatic heterocycles. The van der Waals surface area contributed by atoms with Crippen LogP contribution in [0, 0.1) is 5.21 Å². The van der Waals surface area contributed by atoms with Gasteiger partial charge in [0.15, 0.2) is 11.8 Å². The van der Waals surface area contributed by atoms with Gasteiger partial charge in [-0.1, -0.05) is 30.3 Å². The van der Waals surface area contributed by atoms with Gasteiger partial charge in [-0.3, -0.25) is 4.31 Å². The zero-order chi connectivity index (χ0) is 18.0. The van der Waals surface area contributed by atoms with Crippen molar-refractivity contribution in [1.29, 1.82) is 0 Å². The molecule has 0 N–H and O–H groups in total. The Kier molecular flexibility index (Phi) is 4.99. The lowest BCUT2D eigenvalue weighted by Crippen LogP contribution is -2.31. The Labute approximate surface area is 143 Å². The molecular formula is C18H22N2O3S. The summed E-state index contributed by atoms with van der Waals surface area (Å²) in [7, 11) is -2.28. The topological polar surface area (TPSA) is 63.5 Å². The van der Waals surface area contributed by atoms with Crippen molar-refractivity contribution >= 4 is 21.9 Å². The molecule has 0 heterocycles. The highest BCUT2D eigenvalue weighted by Crippen LogP contribution is 2.23. The second-order valence-electron chi connectivity index (χ2n) is 6.47. The zero-order valence-electron chi connectivity index (χ0n) is 14.3. The summed E-state index contributed by atoms with van der Waals surface area (Å²) in [6.07, 6.45) is 1.33. The molecule has 0 radical (unpaired) electrons. The Bertz CT molecular complexity index is 838. The van der Waals surface area contributed by atoms with Gasteiger partial charge < -0.3 is 5.21 Å². The Hall–Kier alpha value is -2.34. The fraction of sp³-hybridized carbons (Fsp3) is 0.278. The SMILES string of the molecule is CN(c1ccccc1)S(=O)(=O)c1ccccc1/C=[N+](\[O-])C(C)(C)C. The minimum Gasteiger partial charge on any atom is -0.623 e. The zero-order valence-corrected chi connectivity index (χ0v) is 15.1. The maximum atomic E-state index is 13.0. The molecule has 0 saturated heterocycles. The van der Waals surface area contributed by atoms with Crippen LogP contribution in [0.5, 0.6) is 0 Å². The fourth-order valence-corrected chi connectivity index (χ4v) is 3.43. The van der Waals surface area contributed by atoms with Crippen molar-refractivity contribution in [1.82, 2.24) is 0 Å². The Morgan fingerprint density at radius 1 is 1.00 bits per heavy atom. The van der Waals surface area contributed by atoms with E-state index in [1.165, 1.54) is 23.6 Å². The summed E-state index contributed by atoms with van der Waals surface area (Å²) in [5.74, 6) is 0. The van der Waals surface area contributed by atoms with E-state index in [9.17, 15) is 13.6 Å². The third-order valence-electron chi connectivity index (χ3n) is 3.59. The molecule has 0 aromatic heterocycles. The number of nitrogens with zero attached hydrogens (tertiary/aromatic N) is 2. The number of rotatable bonds is 4. The van der Waals surface area contributed by atoms with Gasteiger partial charge in [-0.15, -0.1) is 0 Å². The van der Waals surface area contributed by atoms with Crippen molar-refractivity contribution in [2.45, 2.75) is 31.2 Å². The molecule has 0 aliphatic rings. The molecule has 0 saturated carbocycles. The smallest absolute Gasteiger partial charge is 0.264 e. The lowest BCUT2D eigenvalue weighted by molar-refractivity contribution is -0.530. The van der Waals surface area contributed by atoms with Gasteiger partial charge in [-0.25, -0.2) is 13.2 Å². The molecular weight excluding hydrogens is 324 g/mol. The molecule has 5 nitrogen and oxygen atoms in total. The van der Waals surface area contributed by atoms with Crippen molar-refractivity contribution in [2.75, 3.05) is 11.4 Å². The highest BCUT2D eigenvalue weighted by molar-refractivity contribution is 7.92. The van der Waals surface area contributed by atoms with Crippen LogP contribution in [0.2, 0.25) is 0 Å². The first-order valence-corrected chi connectivity index (χ1v) is 9.02. The number of hydrogen-bond donors (Lipinski definition) is 0. The van der Waals surface area contributed by atoms with Crippen LogP contribution < -0.4 is 4.31 Å². The minimum absolute atomic E-state index is 0.0986. The monoisotopic (exact) mass is 346 g/mol. The van der Waals surface area contributed by atoms with Crippen molar-refractivity contribution < 1.29 is 13.2 Å². The summed E-state index contributed by atoms with van der Waals surface area (Å²) in [6.45, 7) is 5.30. The van der Waals surface area contributed by atoms with Gasteiger partial charge in [0.25, 0.3) is 10.0 Å². The molecule has 0 atom stereocenters.